The van der Waals surface area contributed by atoms with Crippen LogP contribution >= 0.6 is 0 Å². The zero-order valence-corrected chi connectivity index (χ0v) is 15.0. The lowest BCUT2D eigenvalue weighted by atomic mass is 9.53. The van der Waals surface area contributed by atoms with Crippen molar-refractivity contribution in [2.75, 3.05) is 19.8 Å². The molecule has 0 bridgehead atoms. The van der Waals surface area contributed by atoms with Crippen LogP contribution in [-0.4, -0.2) is 30.7 Å². The van der Waals surface area contributed by atoms with Crippen molar-refractivity contribution in [3.05, 3.63) is 29.3 Å². The standard InChI is InChI=1S/C21H29NO3/c1-20-7-6-17-16-5-3-15(23)10-13(16)2-4-18(17)19(20)14(12-22)11-21(20)24-8-9-25-21/h3,5,10,14,17-19,23H,2,4,6-9,11-12,22H2,1H3/t14-,17-,18-,19+,20?/m1/s1. The van der Waals surface area contributed by atoms with E-state index in [2.05, 4.69) is 13.0 Å². The molecular weight excluding hydrogens is 314 g/mol. The fourth-order valence-electron chi connectivity index (χ4n) is 6.97. The highest BCUT2D eigenvalue weighted by Gasteiger charge is 2.68. The van der Waals surface area contributed by atoms with E-state index in [1.807, 2.05) is 12.1 Å². The molecule has 1 aromatic carbocycles. The first-order chi connectivity index (χ1) is 12.1. The van der Waals surface area contributed by atoms with Gasteiger partial charge in [-0.15, -0.1) is 0 Å². The lowest BCUT2D eigenvalue weighted by Gasteiger charge is -2.53. The number of phenolic OH excluding ortho intramolecular Hbond substituents is 1. The number of aryl methyl sites for hydroxylation is 1. The molecule has 1 spiro atoms. The highest BCUT2D eigenvalue weighted by molar-refractivity contribution is 5.40. The number of rotatable bonds is 1. The van der Waals surface area contributed by atoms with Crippen molar-refractivity contribution >= 4 is 0 Å². The van der Waals surface area contributed by atoms with Gasteiger partial charge >= 0.3 is 0 Å². The third kappa shape index (κ3) is 2.05. The molecule has 3 fully saturated rings. The largest absolute Gasteiger partial charge is 0.508 e. The van der Waals surface area contributed by atoms with Gasteiger partial charge in [0.15, 0.2) is 5.79 Å². The van der Waals surface area contributed by atoms with Crippen LogP contribution in [0.5, 0.6) is 5.75 Å². The molecule has 1 aliphatic heterocycles. The molecular formula is C21H29NO3. The molecule has 5 atom stereocenters. The molecule has 0 radical (unpaired) electrons. The third-order valence-electron chi connectivity index (χ3n) is 7.93. The summed E-state index contributed by atoms with van der Waals surface area (Å²) >= 11 is 0. The van der Waals surface area contributed by atoms with Gasteiger partial charge < -0.3 is 20.3 Å². The number of benzene rings is 1. The second kappa shape index (κ2) is 5.45. The Morgan fingerprint density at radius 1 is 1.24 bits per heavy atom. The number of phenols is 1. The Bertz CT molecular complexity index is 684. The maximum absolute atomic E-state index is 9.85. The first-order valence-corrected chi connectivity index (χ1v) is 9.88. The molecule has 4 heteroatoms. The van der Waals surface area contributed by atoms with Crippen LogP contribution in [0.1, 0.15) is 49.7 Å². The van der Waals surface area contributed by atoms with Crippen LogP contribution in [0.25, 0.3) is 0 Å². The SMILES string of the molecule is CC12CC[C@@H]3c4ccc(O)cc4CC[C@H]3[C@@H]1[C@@H](CN)CC21OCCO1. The van der Waals surface area contributed by atoms with Gasteiger partial charge in [-0.05, 0) is 79.2 Å². The number of aromatic hydroxyl groups is 1. The van der Waals surface area contributed by atoms with Crippen LogP contribution in [-0.2, 0) is 15.9 Å². The molecule has 3 aliphatic carbocycles. The van der Waals surface area contributed by atoms with Crippen LogP contribution in [0.15, 0.2) is 18.2 Å². The summed E-state index contributed by atoms with van der Waals surface area (Å²) in [5, 5.41) is 9.85. The fraction of sp³-hybridized carbons (Fsp3) is 0.714. The van der Waals surface area contributed by atoms with Crippen molar-refractivity contribution in [2.24, 2.45) is 28.9 Å². The van der Waals surface area contributed by atoms with Gasteiger partial charge in [-0.3, -0.25) is 0 Å². The average Bonchev–Trinajstić information content (AvgIpc) is 3.18. The van der Waals surface area contributed by atoms with Gasteiger partial charge in [0.1, 0.15) is 5.75 Å². The summed E-state index contributed by atoms with van der Waals surface area (Å²) in [6.45, 7) is 4.56. The van der Waals surface area contributed by atoms with E-state index in [9.17, 15) is 5.11 Å². The summed E-state index contributed by atoms with van der Waals surface area (Å²) in [6.07, 6.45) is 5.52. The number of hydrogen-bond donors (Lipinski definition) is 2. The summed E-state index contributed by atoms with van der Waals surface area (Å²) in [5.74, 6) is 2.28. The van der Waals surface area contributed by atoms with E-state index in [4.69, 9.17) is 15.2 Å². The first-order valence-electron chi connectivity index (χ1n) is 9.88. The Hall–Kier alpha value is -1.10. The third-order valence-corrected chi connectivity index (χ3v) is 7.93. The van der Waals surface area contributed by atoms with Gasteiger partial charge in [0.25, 0.3) is 0 Å². The molecule has 5 rings (SSSR count). The van der Waals surface area contributed by atoms with Gasteiger partial charge in [0, 0.05) is 11.8 Å². The van der Waals surface area contributed by atoms with Crippen molar-refractivity contribution in [2.45, 2.75) is 50.7 Å². The van der Waals surface area contributed by atoms with E-state index in [-0.39, 0.29) is 5.41 Å². The first kappa shape index (κ1) is 16.1. The maximum atomic E-state index is 9.85. The molecule has 4 nitrogen and oxygen atoms in total. The van der Waals surface area contributed by atoms with Crippen molar-refractivity contribution in [3.63, 3.8) is 0 Å². The molecule has 25 heavy (non-hydrogen) atoms. The zero-order chi connectivity index (χ0) is 17.2. The Morgan fingerprint density at radius 2 is 2.04 bits per heavy atom. The smallest absolute Gasteiger partial charge is 0.174 e. The van der Waals surface area contributed by atoms with E-state index >= 15 is 0 Å². The second-order valence-electron chi connectivity index (χ2n) is 8.82. The summed E-state index contributed by atoms with van der Waals surface area (Å²) in [5.41, 5.74) is 9.12. The van der Waals surface area contributed by atoms with Gasteiger partial charge in [-0.2, -0.15) is 0 Å². The predicted molar refractivity (Wildman–Crippen MR) is 95.3 cm³/mol. The van der Waals surface area contributed by atoms with E-state index in [0.29, 0.717) is 29.4 Å². The van der Waals surface area contributed by atoms with E-state index in [1.165, 1.54) is 24.0 Å². The summed E-state index contributed by atoms with van der Waals surface area (Å²) in [6, 6.07) is 5.99. The normalized spacial score (nSPS) is 41.4. The Morgan fingerprint density at radius 3 is 2.80 bits per heavy atom. The molecule has 1 heterocycles. The van der Waals surface area contributed by atoms with Crippen LogP contribution in [0, 0.1) is 23.2 Å². The Balaban J connectivity index is 1.55. The van der Waals surface area contributed by atoms with Gasteiger partial charge in [0.2, 0.25) is 0 Å². The Labute approximate surface area is 149 Å². The van der Waals surface area contributed by atoms with Crippen LogP contribution in [0.2, 0.25) is 0 Å². The number of hydrogen-bond acceptors (Lipinski definition) is 4. The van der Waals surface area contributed by atoms with Crippen LogP contribution in [0.3, 0.4) is 0 Å². The van der Waals surface area contributed by atoms with E-state index in [0.717, 1.165) is 39.0 Å². The lowest BCUT2D eigenvalue weighted by molar-refractivity contribution is -0.237. The van der Waals surface area contributed by atoms with Crippen molar-refractivity contribution < 1.29 is 14.6 Å². The van der Waals surface area contributed by atoms with E-state index in [1.54, 1.807) is 0 Å². The molecule has 0 aromatic heterocycles. The van der Waals surface area contributed by atoms with Crippen molar-refractivity contribution in [1.82, 2.24) is 0 Å². The molecule has 4 aliphatic rings. The highest BCUT2D eigenvalue weighted by atomic mass is 16.7. The molecule has 1 saturated heterocycles. The zero-order valence-electron chi connectivity index (χ0n) is 15.0. The molecule has 3 N–H and O–H groups in total. The second-order valence-corrected chi connectivity index (χ2v) is 8.82. The molecule has 1 aromatic rings. The molecule has 136 valence electrons. The van der Waals surface area contributed by atoms with Crippen molar-refractivity contribution in [3.8, 4) is 5.75 Å². The number of fused-ring (bicyclic) bond motifs is 6. The monoisotopic (exact) mass is 343 g/mol. The quantitative estimate of drug-likeness (QED) is 0.822. The summed E-state index contributed by atoms with van der Waals surface area (Å²) < 4.78 is 12.5. The average molecular weight is 343 g/mol. The minimum Gasteiger partial charge on any atom is -0.508 e. The number of ether oxygens (including phenoxy) is 2. The maximum Gasteiger partial charge on any atom is 0.174 e. The lowest BCUT2D eigenvalue weighted by Crippen LogP contribution is -2.52. The van der Waals surface area contributed by atoms with Crippen molar-refractivity contribution in [1.29, 1.82) is 0 Å². The topological polar surface area (TPSA) is 64.7 Å². The van der Waals surface area contributed by atoms with Gasteiger partial charge in [-0.1, -0.05) is 13.0 Å². The Kier molecular flexibility index (Phi) is 3.51. The highest BCUT2D eigenvalue weighted by Crippen LogP contribution is 2.67. The van der Waals surface area contributed by atoms with Gasteiger partial charge in [-0.25, -0.2) is 0 Å². The van der Waals surface area contributed by atoms with Gasteiger partial charge in [0.05, 0.1) is 13.2 Å². The fourth-order valence-corrected chi connectivity index (χ4v) is 6.97. The molecule has 0 amide bonds. The van der Waals surface area contributed by atoms with Crippen LogP contribution < -0.4 is 5.73 Å². The molecule has 1 unspecified atom stereocenters. The number of nitrogens with two attached hydrogens (primary N) is 1. The minimum atomic E-state index is -0.401. The summed E-state index contributed by atoms with van der Waals surface area (Å²) in [4.78, 5) is 0. The minimum absolute atomic E-state index is 0.0725. The van der Waals surface area contributed by atoms with E-state index < -0.39 is 5.79 Å². The predicted octanol–water partition coefficient (Wildman–Crippen LogP) is 3.18. The summed E-state index contributed by atoms with van der Waals surface area (Å²) in [7, 11) is 0. The van der Waals surface area contributed by atoms with Crippen LogP contribution in [0.4, 0.5) is 0 Å². The molecule has 2 saturated carbocycles.